The number of halogens is 1. The minimum Gasteiger partial charge on any atom is -0.329 e. The molecule has 3 heteroatoms. The van der Waals surface area contributed by atoms with Gasteiger partial charge in [-0.25, -0.2) is 4.39 Å². The molecule has 0 aromatic heterocycles. The van der Waals surface area contributed by atoms with Crippen LogP contribution in [-0.4, -0.2) is 29.6 Å². The molecule has 2 N–H and O–H groups in total. The van der Waals surface area contributed by atoms with Crippen molar-refractivity contribution in [1.82, 2.24) is 4.90 Å². The Morgan fingerprint density at radius 3 is 2.63 bits per heavy atom. The maximum absolute atomic E-state index is 12.9. The van der Waals surface area contributed by atoms with Gasteiger partial charge in [-0.1, -0.05) is 18.6 Å². The molecule has 1 saturated heterocycles. The lowest BCUT2D eigenvalue weighted by atomic mass is 9.92. The third-order valence-electron chi connectivity index (χ3n) is 4.32. The molecule has 1 heterocycles. The molecule has 0 aliphatic carbocycles. The van der Waals surface area contributed by atoms with Gasteiger partial charge in [0.15, 0.2) is 0 Å². The van der Waals surface area contributed by atoms with Crippen molar-refractivity contribution in [3.63, 3.8) is 0 Å². The zero-order valence-corrected chi connectivity index (χ0v) is 12.0. The van der Waals surface area contributed by atoms with Gasteiger partial charge in [-0.05, 0) is 50.8 Å². The molecule has 0 radical (unpaired) electrons. The van der Waals surface area contributed by atoms with E-state index in [4.69, 9.17) is 5.73 Å². The lowest BCUT2D eigenvalue weighted by molar-refractivity contribution is 0.0576. The summed E-state index contributed by atoms with van der Waals surface area (Å²) in [7, 11) is 0. The van der Waals surface area contributed by atoms with Crippen molar-refractivity contribution in [3.05, 3.63) is 35.6 Å². The van der Waals surface area contributed by atoms with Crippen LogP contribution < -0.4 is 5.73 Å². The number of nitrogens with two attached hydrogens (primary N) is 1. The molecule has 2 nitrogen and oxygen atoms in total. The van der Waals surface area contributed by atoms with Crippen LogP contribution >= 0.6 is 0 Å². The van der Waals surface area contributed by atoms with E-state index in [1.807, 2.05) is 12.1 Å². The molecule has 1 fully saturated rings. The first kappa shape index (κ1) is 14.5. The number of nitrogens with zero attached hydrogens (tertiary/aromatic N) is 1. The quantitative estimate of drug-likeness (QED) is 0.906. The highest BCUT2D eigenvalue weighted by molar-refractivity contribution is 5.17. The van der Waals surface area contributed by atoms with Gasteiger partial charge in [0.25, 0.3) is 0 Å². The number of rotatable bonds is 4. The maximum Gasteiger partial charge on any atom is 0.123 e. The predicted octanol–water partition coefficient (Wildman–Crippen LogP) is 2.96. The summed E-state index contributed by atoms with van der Waals surface area (Å²) in [6.45, 7) is 5.29. The zero-order chi connectivity index (χ0) is 13.8. The summed E-state index contributed by atoms with van der Waals surface area (Å²) in [5.74, 6) is -0.164. The van der Waals surface area contributed by atoms with Gasteiger partial charge in [-0.2, -0.15) is 0 Å². The van der Waals surface area contributed by atoms with Crippen molar-refractivity contribution >= 4 is 0 Å². The van der Waals surface area contributed by atoms with Crippen LogP contribution in [0.4, 0.5) is 4.39 Å². The van der Waals surface area contributed by atoms with Gasteiger partial charge in [0, 0.05) is 24.7 Å². The van der Waals surface area contributed by atoms with Crippen molar-refractivity contribution in [2.75, 3.05) is 6.54 Å². The highest BCUT2D eigenvalue weighted by atomic mass is 19.1. The summed E-state index contributed by atoms with van der Waals surface area (Å²) < 4.78 is 12.9. The first-order valence-electron chi connectivity index (χ1n) is 7.33. The molecule has 0 spiro atoms. The van der Waals surface area contributed by atoms with Crippen LogP contribution in [0.1, 0.15) is 38.7 Å². The fourth-order valence-electron chi connectivity index (χ4n) is 3.41. The molecule has 1 aromatic carbocycles. The molecular formula is C16H25FN2. The molecule has 2 rings (SSSR count). The summed E-state index contributed by atoms with van der Waals surface area (Å²) in [5, 5.41) is 0. The molecule has 0 saturated carbocycles. The highest BCUT2D eigenvalue weighted by Crippen LogP contribution is 2.26. The number of hydrogen-bond acceptors (Lipinski definition) is 2. The summed E-state index contributed by atoms with van der Waals surface area (Å²) >= 11 is 0. The second-order valence-corrected chi connectivity index (χ2v) is 5.80. The largest absolute Gasteiger partial charge is 0.329 e. The second kappa shape index (κ2) is 6.49. The van der Waals surface area contributed by atoms with E-state index in [2.05, 4.69) is 18.7 Å². The maximum atomic E-state index is 12.9. The van der Waals surface area contributed by atoms with E-state index < -0.39 is 0 Å². The minimum atomic E-state index is -0.164. The number of piperidine rings is 1. The average Bonchev–Trinajstić information content (AvgIpc) is 2.40. The Morgan fingerprint density at radius 1 is 1.32 bits per heavy atom. The summed E-state index contributed by atoms with van der Waals surface area (Å²) in [6.07, 6.45) is 4.70. The third kappa shape index (κ3) is 3.54. The van der Waals surface area contributed by atoms with Gasteiger partial charge < -0.3 is 5.73 Å². The van der Waals surface area contributed by atoms with Crippen LogP contribution in [0.3, 0.4) is 0 Å². The summed E-state index contributed by atoms with van der Waals surface area (Å²) in [5.41, 5.74) is 7.11. The molecule has 0 bridgehead atoms. The topological polar surface area (TPSA) is 29.3 Å². The van der Waals surface area contributed by atoms with E-state index in [-0.39, 0.29) is 5.82 Å². The van der Waals surface area contributed by atoms with Crippen LogP contribution in [0.5, 0.6) is 0 Å². The van der Waals surface area contributed by atoms with E-state index in [0.29, 0.717) is 18.1 Å². The van der Waals surface area contributed by atoms with Crippen LogP contribution in [0.25, 0.3) is 0 Å². The normalized spacial score (nSPS) is 26.3. The summed E-state index contributed by atoms with van der Waals surface area (Å²) in [6, 6.07) is 8.41. The molecule has 3 atom stereocenters. The Balaban J connectivity index is 2.04. The van der Waals surface area contributed by atoms with E-state index in [9.17, 15) is 4.39 Å². The Kier molecular flexibility index (Phi) is 4.94. The molecule has 3 unspecified atom stereocenters. The van der Waals surface area contributed by atoms with Crippen LogP contribution in [0.15, 0.2) is 24.3 Å². The van der Waals surface area contributed by atoms with Crippen molar-refractivity contribution in [1.29, 1.82) is 0 Å². The SMILES string of the molecule is CC1CCCC(CN)N1C(C)Cc1ccc(F)cc1. The Morgan fingerprint density at radius 2 is 2.00 bits per heavy atom. The van der Waals surface area contributed by atoms with Crippen molar-refractivity contribution < 1.29 is 4.39 Å². The predicted molar refractivity (Wildman–Crippen MR) is 77.6 cm³/mol. The van der Waals surface area contributed by atoms with Gasteiger partial charge in [-0.15, -0.1) is 0 Å². The van der Waals surface area contributed by atoms with E-state index in [1.54, 1.807) is 12.1 Å². The average molecular weight is 264 g/mol. The van der Waals surface area contributed by atoms with Gasteiger partial charge in [-0.3, -0.25) is 4.90 Å². The molecule has 1 aliphatic heterocycles. The van der Waals surface area contributed by atoms with Crippen molar-refractivity contribution in [3.8, 4) is 0 Å². The third-order valence-corrected chi connectivity index (χ3v) is 4.32. The van der Waals surface area contributed by atoms with E-state index in [0.717, 1.165) is 13.0 Å². The molecule has 1 aliphatic rings. The molecule has 106 valence electrons. The number of benzene rings is 1. The highest BCUT2D eigenvalue weighted by Gasteiger charge is 2.30. The molecule has 1 aromatic rings. The summed E-state index contributed by atoms with van der Waals surface area (Å²) in [4.78, 5) is 2.56. The fourth-order valence-corrected chi connectivity index (χ4v) is 3.41. The van der Waals surface area contributed by atoms with Gasteiger partial charge in [0.1, 0.15) is 5.82 Å². The first-order chi connectivity index (χ1) is 9.11. The lowest BCUT2D eigenvalue weighted by Crippen LogP contribution is -2.53. The lowest BCUT2D eigenvalue weighted by Gasteiger charge is -2.44. The van der Waals surface area contributed by atoms with Crippen LogP contribution in [-0.2, 0) is 6.42 Å². The molecular weight excluding hydrogens is 239 g/mol. The van der Waals surface area contributed by atoms with Gasteiger partial charge >= 0.3 is 0 Å². The van der Waals surface area contributed by atoms with Crippen molar-refractivity contribution in [2.24, 2.45) is 5.73 Å². The van der Waals surface area contributed by atoms with Crippen LogP contribution in [0, 0.1) is 5.82 Å². The van der Waals surface area contributed by atoms with E-state index >= 15 is 0 Å². The smallest absolute Gasteiger partial charge is 0.123 e. The van der Waals surface area contributed by atoms with Gasteiger partial charge in [0.2, 0.25) is 0 Å². The monoisotopic (exact) mass is 264 g/mol. The second-order valence-electron chi connectivity index (χ2n) is 5.80. The Hall–Kier alpha value is -0.930. The minimum absolute atomic E-state index is 0.164. The molecule has 0 amide bonds. The van der Waals surface area contributed by atoms with Crippen LogP contribution in [0.2, 0.25) is 0 Å². The molecule has 19 heavy (non-hydrogen) atoms. The standard InChI is InChI=1S/C16H25FN2/c1-12-4-3-5-16(11-18)19(12)13(2)10-14-6-8-15(17)9-7-14/h6-9,12-13,16H,3-5,10-11,18H2,1-2H3. The Labute approximate surface area is 115 Å². The fraction of sp³-hybridized carbons (Fsp3) is 0.625. The Bertz CT molecular complexity index is 390. The van der Waals surface area contributed by atoms with Gasteiger partial charge in [0.05, 0.1) is 0 Å². The van der Waals surface area contributed by atoms with Crippen molar-refractivity contribution in [2.45, 2.75) is 57.7 Å². The number of hydrogen-bond donors (Lipinski definition) is 1. The number of likely N-dealkylation sites (tertiary alicyclic amines) is 1. The van der Waals surface area contributed by atoms with E-state index in [1.165, 1.54) is 24.8 Å². The zero-order valence-electron chi connectivity index (χ0n) is 12.0. The first-order valence-corrected chi connectivity index (χ1v) is 7.33.